The van der Waals surface area contributed by atoms with Gasteiger partial charge in [-0.15, -0.1) is 11.8 Å². The lowest BCUT2D eigenvalue weighted by Crippen LogP contribution is -2.37. The molecule has 146 valence electrons. The minimum absolute atomic E-state index is 0.0811. The number of benzene rings is 2. The summed E-state index contributed by atoms with van der Waals surface area (Å²) in [5, 5.41) is 11.0. The van der Waals surface area contributed by atoms with E-state index in [9.17, 15) is 9.90 Å². The number of hydrogen-bond acceptors (Lipinski definition) is 4. The number of aliphatic hydroxyl groups is 1. The largest absolute Gasteiger partial charge is 0.460 e. The lowest BCUT2D eigenvalue weighted by atomic mass is 9.90. The second kappa shape index (κ2) is 9.95. The van der Waals surface area contributed by atoms with E-state index >= 15 is 0 Å². The molecule has 0 aliphatic rings. The molecule has 2 aromatic rings. The van der Waals surface area contributed by atoms with Gasteiger partial charge in [-0.1, -0.05) is 61.9 Å². The Kier molecular flexibility index (Phi) is 7.93. The summed E-state index contributed by atoms with van der Waals surface area (Å²) >= 11 is 1.64. The van der Waals surface area contributed by atoms with Gasteiger partial charge >= 0.3 is 5.97 Å². The zero-order valence-electron chi connectivity index (χ0n) is 16.6. The Balaban J connectivity index is 2.36. The molecule has 0 radical (unpaired) electrons. The van der Waals surface area contributed by atoms with Crippen molar-refractivity contribution in [1.29, 1.82) is 0 Å². The van der Waals surface area contributed by atoms with Gasteiger partial charge in [0.25, 0.3) is 0 Å². The van der Waals surface area contributed by atoms with Gasteiger partial charge < -0.3 is 9.84 Å². The van der Waals surface area contributed by atoms with Crippen molar-refractivity contribution in [2.45, 2.75) is 62.4 Å². The van der Waals surface area contributed by atoms with Crippen molar-refractivity contribution in [3.63, 3.8) is 0 Å². The molecule has 0 aliphatic heterocycles. The van der Waals surface area contributed by atoms with E-state index in [0.29, 0.717) is 0 Å². The number of aliphatic hydroxyl groups excluding tert-OH is 1. The van der Waals surface area contributed by atoms with Crippen LogP contribution in [0.2, 0.25) is 0 Å². The van der Waals surface area contributed by atoms with E-state index in [1.807, 2.05) is 81.4 Å². The van der Waals surface area contributed by atoms with Crippen molar-refractivity contribution < 1.29 is 14.6 Å². The highest BCUT2D eigenvalue weighted by Crippen LogP contribution is 2.38. The molecule has 0 unspecified atom stereocenters. The molecule has 4 heteroatoms. The molecule has 0 saturated carbocycles. The number of carbonyl (C=O) groups is 1. The summed E-state index contributed by atoms with van der Waals surface area (Å²) in [6.45, 7) is 7.67. The monoisotopic (exact) mass is 386 g/mol. The highest BCUT2D eigenvalue weighted by Gasteiger charge is 2.38. The van der Waals surface area contributed by atoms with Gasteiger partial charge in [0.05, 0.1) is 12.0 Å². The van der Waals surface area contributed by atoms with E-state index in [2.05, 4.69) is 6.92 Å². The number of rotatable bonds is 8. The lowest BCUT2D eigenvalue weighted by molar-refractivity contribution is -0.164. The fourth-order valence-corrected chi connectivity index (χ4v) is 4.41. The van der Waals surface area contributed by atoms with Crippen molar-refractivity contribution in [3.8, 4) is 0 Å². The maximum atomic E-state index is 13.1. The average molecular weight is 387 g/mol. The van der Waals surface area contributed by atoms with Crippen LogP contribution in [0.1, 0.15) is 52.2 Å². The molecule has 2 rings (SSSR count). The van der Waals surface area contributed by atoms with Crippen LogP contribution >= 0.6 is 11.8 Å². The summed E-state index contributed by atoms with van der Waals surface area (Å²) in [4.78, 5) is 14.2. The minimum atomic E-state index is -0.909. The molecule has 0 aromatic heterocycles. The lowest BCUT2D eigenvalue weighted by Gasteiger charge is -2.32. The Morgan fingerprint density at radius 3 is 2.11 bits per heavy atom. The van der Waals surface area contributed by atoms with Crippen molar-refractivity contribution in [3.05, 3.63) is 66.2 Å². The highest BCUT2D eigenvalue weighted by atomic mass is 32.2. The van der Waals surface area contributed by atoms with Crippen molar-refractivity contribution in [2.24, 2.45) is 5.92 Å². The van der Waals surface area contributed by atoms with Crippen LogP contribution in [0.25, 0.3) is 0 Å². The maximum absolute atomic E-state index is 13.1. The first-order chi connectivity index (χ1) is 12.8. The second-order valence-electron chi connectivity index (χ2n) is 7.67. The van der Waals surface area contributed by atoms with Crippen LogP contribution in [0.3, 0.4) is 0 Å². The van der Waals surface area contributed by atoms with Crippen molar-refractivity contribution >= 4 is 17.7 Å². The van der Waals surface area contributed by atoms with Crippen molar-refractivity contribution in [2.75, 3.05) is 0 Å². The quantitative estimate of drug-likeness (QED) is 0.471. The van der Waals surface area contributed by atoms with E-state index < -0.39 is 17.6 Å². The molecule has 0 heterocycles. The van der Waals surface area contributed by atoms with E-state index in [1.165, 1.54) is 0 Å². The van der Waals surface area contributed by atoms with Crippen LogP contribution < -0.4 is 0 Å². The zero-order chi connectivity index (χ0) is 19.9. The summed E-state index contributed by atoms with van der Waals surface area (Å²) in [5.74, 6) is -0.988. The SMILES string of the molecule is CCC[C@H](Sc1ccccc1)[C@H](C(=O)OC(C)(C)C)[C@@H](O)c1ccccc1. The third kappa shape index (κ3) is 6.71. The molecule has 0 bridgehead atoms. The fourth-order valence-electron chi connectivity index (χ4n) is 2.98. The molecule has 2 aromatic carbocycles. The molecule has 0 spiro atoms. The van der Waals surface area contributed by atoms with Crippen LogP contribution in [0.5, 0.6) is 0 Å². The van der Waals surface area contributed by atoms with Gasteiger partial charge in [-0.05, 0) is 44.9 Å². The van der Waals surface area contributed by atoms with E-state index in [-0.39, 0.29) is 11.2 Å². The summed E-state index contributed by atoms with van der Waals surface area (Å²) in [6, 6.07) is 19.4. The van der Waals surface area contributed by atoms with Gasteiger partial charge in [-0.25, -0.2) is 0 Å². The number of thioether (sulfide) groups is 1. The fraction of sp³-hybridized carbons (Fsp3) is 0.435. The first-order valence-electron chi connectivity index (χ1n) is 9.49. The third-order valence-electron chi connectivity index (χ3n) is 4.16. The van der Waals surface area contributed by atoms with Gasteiger partial charge in [0, 0.05) is 10.1 Å². The normalized spacial score (nSPS) is 15.0. The predicted octanol–water partition coefficient (Wildman–Crippen LogP) is 5.64. The Hall–Kier alpha value is -1.78. The minimum Gasteiger partial charge on any atom is -0.460 e. The molecular weight excluding hydrogens is 356 g/mol. The van der Waals surface area contributed by atoms with Gasteiger partial charge in [-0.2, -0.15) is 0 Å². The molecule has 0 amide bonds. The smallest absolute Gasteiger partial charge is 0.313 e. The highest BCUT2D eigenvalue weighted by molar-refractivity contribution is 8.00. The average Bonchev–Trinajstić information content (AvgIpc) is 2.62. The Morgan fingerprint density at radius 2 is 1.59 bits per heavy atom. The third-order valence-corrected chi connectivity index (χ3v) is 5.54. The molecule has 0 aliphatic carbocycles. The van der Waals surface area contributed by atoms with Crippen LogP contribution in [-0.2, 0) is 9.53 Å². The van der Waals surface area contributed by atoms with E-state index in [0.717, 1.165) is 23.3 Å². The van der Waals surface area contributed by atoms with Gasteiger partial charge in [0.15, 0.2) is 0 Å². The van der Waals surface area contributed by atoms with E-state index in [1.54, 1.807) is 11.8 Å². The second-order valence-corrected chi connectivity index (χ2v) is 8.99. The van der Waals surface area contributed by atoms with Gasteiger partial charge in [0.2, 0.25) is 0 Å². The molecule has 27 heavy (non-hydrogen) atoms. The number of carbonyl (C=O) groups excluding carboxylic acids is 1. The Bertz CT molecular complexity index is 695. The van der Waals surface area contributed by atoms with Crippen LogP contribution in [0.15, 0.2) is 65.6 Å². The maximum Gasteiger partial charge on any atom is 0.313 e. The molecule has 3 atom stereocenters. The molecule has 1 N–H and O–H groups in total. The number of hydrogen-bond donors (Lipinski definition) is 1. The predicted molar refractivity (Wildman–Crippen MR) is 112 cm³/mol. The van der Waals surface area contributed by atoms with Crippen LogP contribution in [0, 0.1) is 5.92 Å². The topological polar surface area (TPSA) is 46.5 Å². The van der Waals surface area contributed by atoms with Gasteiger partial charge in [-0.3, -0.25) is 4.79 Å². The first kappa shape index (κ1) is 21.5. The standard InChI is InChI=1S/C23H30O3S/c1-5-12-19(27-18-15-10-7-11-16-18)20(22(25)26-23(2,3)4)21(24)17-13-8-6-9-14-17/h6-11,13-16,19-21,24H,5,12H2,1-4H3/t19-,20-,21-/m0/s1. The Labute approximate surface area is 167 Å². The molecule has 0 fully saturated rings. The Morgan fingerprint density at radius 1 is 1.04 bits per heavy atom. The summed E-state index contributed by atoms with van der Waals surface area (Å²) < 4.78 is 5.70. The zero-order valence-corrected chi connectivity index (χ0v) is 17.4. The summed E-state index contributed by atoms with van der Waals surface area (Å²) in [5.41, 5.74) is 0.142. The number of esters is 1. The first-order valence-corrected chi connectivity index (χ1v) is 10.4. The van der Waals surface area contributed by atoms with Crippen LogP contribution in [0.4, 0.5) is 0 Å². The number of ether oxygens (including phenoxy) is 1. The van der Waals surface area contributed by atoms with Crippen LogP contribution in [-0.4, -0.2) is 21.9 Å². The van der Waals surface area contributed by atoms with E-state index in [4.69, 9.17) is 4.74 Å². The summed E-state index contributed by atoms with van der Waals surface area (Å²) in [7, 11) is 0. The molecule has 0 saturated heterocycles. The van der Waals surface area contributed by atoms with Crippen molar-refractivity contribution in [1.82, 2.24) is 0 Å². The molecular formula is C23H30O3S. The van der Waals surface area contributed by atoms with Gasteiger partial charge in [0.1, 0.15) is 5.60 Å². The summed E-state index contributed by atoms with van der Waals surface area (Å²) in [6.07, 6.45) is 0.826. The molecule has 3 nitrogen and oxygen atoms in total.